The summed E-state index contributed by atoms with van der Waals surface area (Å²) in [6.07, 6.45) is 0.0812. The van der Waals surface area contributed by atoms with Crippen LogP contribution in [-0.2, 0) is 20.9 Å². The minimum Gasteiger partial charge on any atom is -0.465 e. The molecule has 6 nitrogen and oxygen atoms in total. The number of ether oxygens (including phenoxy) is 2. The highest BCUT2D eigenvalue weighted by atomic mass is 16.5. The van der Waals surface area contributed by atoms with Gasteiger partial charge in [-0.3, -0.25) is 9.59 Å². The van der Waals surface area contributed by atoms with Gasteiger partial charge in [0.15, 0.2) is 0 Å². The Hall–Kier alpha value is -3.15. The first-order chi connectivity index (χ1) is 12.5. The van der Waals surface area contributed by atoms with Crippen LogP contribution >= 0.6 is 0 Å². The van der Waals surface area contributed by atoms with Crippen molar-refractivity contribution in [1.82, 2.24) is 5.32 Å². The van der Waals surface area contributed by atoms with Gasteiger partial charge in [0.05, 0.1) is 19.1 Å². The molecule has 1 amide bonds. The Balaban J connectivity index is 1.73. The number of carbonyl (C=O) groups is 3. The molecular weight excluding hydrogens is 334 g/mol. The normalized spacial score (nSPS) is 10.1. The van der Waals surface area contributed by atoms with Gasteiger partial charge in [0.1, 0.15) is 6.61 Å². The maximum Gasteiger partial charge on any atom is 0.337 e. The minimum absolute atomic E-state index is 0.0812. The van der Waals surface area contributed by atoms with Crippen molar-refractivity contribution in [3.63, 3.8) is 0 Å². The summed E-state index contributed by atoms with van der Waals surface area (Å²) in [5.41, 5.74) is 2.66. The van der Waals surface area contributed by atoms with Crippen LogP contribution in [0.2, 0.25) is 0 Å². The zero-order valence-electron chi connectivity index (χ0n) is 14.8. The van der Waals surface area contributed by atoms with Gasteiger partial charge < -0.3 is 14.8 Å². The van der Waals surface area contributed by atoms with Gasteiger partial charge in [-0.2, -0.15) is 0 Å². The Morgan fingerprint density at radius 2 is 1.69 bits per heavy atom. The number of nitrogens with one attached hydrogen (secondary N) is 1. The van der Waals surface area contributed by atoms with Crippen molar-refractivity contribution in [2.75, 3.05) is 13.7 Å². The van der Waals surface area contributed by atoms with E-state index in [-0.39, 0.29) is 25.5 Å². The van der Waals surface area contributed by atoms with Crippen LogP contribution in [0.15, 0.2) is 48.5 Å². The molecule has 136 valence electrons. The van der Waals surface area contributed by atoms with Crippen LogP contribution < -0.4 is 5.32 Å². The molecule has 0 aliphatic carbocycles. The van der Waals surface area contributed by atoms with E-state index in [4.69, 9.17) is 4.74 Å². The van der Waals surface area contributed by atoms with Gasteiger partial charge in [-0.25, -0.2) is 4.79 Å². The van der Waals surface area contributed by atoms with E-state index in [0.29, 0.717) is 11.1 Å². The van der Waals surface area contributed by atoms with Crippen LogP contribution in [0.4, 0.5) is 0 Å². The first kappa shape index (κ1) is 19.2. The fourth-order valence-electron chi connectivity index (χ4n) is 2.29. The second kappa shape index (κ2) is 9.36. The van der Waals surface area contributed by atoms with E-state index >= 15 is 0 Å². The summed E-state index contributed by atoms with van der Waals surface area (Å²) >= 11 is 0. The lowest BCUT2D eigenvalue weighted by Gasteiger charge is -2.08. The van der Waals surface area contributed by atoms with E-state index in [9.17, 15) is 14.4 Å². The summed E-state index contributed by atoms with van der Waals surface area (Å²) in [5, 5.41) is 2.70. The molecule has 1 N–H and O–H groups in total. The van der Waals surface area contributed by atoms with Gasteiger partial charge in [-0.05, 0) is 36.2 Å². The highest BCUT2D eigenvalue weighted by molar-refractivity contribution is 5.95. The molecule has 0 heterocycles. The molecule has 26 heavy (non-hydrogen) atoms. The van der Waals surface area contributed by atoms with Gasteiger partial charge in [-0.15, -0.1) is 0 Å². The molecule has 0 spiro atoms. The maximum absolute atomic E-state index is 12.0. The van der Waals surface area contributed by atoms with Crippen molar-refractivity contribution < 1.29 is 23.9 Å². The molecule has 0 saturated carbocycles. The van der Waals surface area contributed by atoms with Crippen LogP contribution in [0.1, 0.15) is 38.3 Å². The van der Waals surface area contributed by atoms with Gasteiger partial charge >= 0.3 is 11.9 Å². The van der Waals surface area contributed by atoms with E-state index in [1.807, 2.05) is 19.1 Å². The SMILES string of the molecule is COC(=O)c1ccc(COC(=O)CCNC(=O)c2ccccc2C)cc1. The highest BCUT2D eigenvalue weighted by Gasteiger charge is 2.10. The van der Waals surface area contributed by atoms with Gasteiger partial charge in [-0.1, -0.05) is 30.3 Å². The Bertz CT molecular complexity index is 783. The Morgan fingerprint density at radius 1 is 1.00 bits per heavy atom. The van der Waals surface area contributed by atoms with E-state index in [2.05, 4.69) is 10.1 Å². The summed E-state index contributed by atoms with van der Waals surface area (Å²) in [7, 11) is 1.32. The summed E-state index contributed by atoms with van der Waals surface area (Å²) in [4.78, 5) is 35.2. The molecular formula is C20H21NO5. The van der Waals surface area contributed by atoms with Crippen LogP contribution in [0, 0.1) is 6.92 Å². The Morgan fingerprint density at radius 3 is 2.35 bits per heavy atom. The number of aryl methyl sites for hydroxylation is 1. The molecule has 0 aliphatic rings. The number of rotatable bonds is 7. The molecule has 6 heteroatoms. The van der Waals surface area contributed by atoms with Gasteiger partial charge in [0.25, 0.3) is 5.91 Å². The summed E-state index contributed by atoms with van der Waals surface area (Å²) in [6, 6.07) is 13.9. The standard InChI is InChI=1S/C20H21NO5/c1-14-5-3-4-6-17(14)19(23)21-12-11-18(22)26-13-15-7-9-16(10-8-15)20(24)25-2/h3-10H,11-13H2,1-2H3,(H,21,23). The van der Waals surface area contributed by atoms with Gasteiger partial charge in [0.2, 0.25) is 0 Å². The average molecular weight is 355 g/mol. The predicted octanol–water partition coefficient (Wildman–Crippen LogP) is 2.64. The molecule has 0 fully saturated rings. The average Bonchev–Trinajstić information content (AvgIpc) is 2.66. The van der Waals surface area contributed by atoms with Crippen molar-refractivity contribution in [3.05, 3.63) is 70.8 Å². The van der Waals surface area contributed by atoms with E-state index in [0.717, 1.165) is 11.1 Å². The van der Waals surface area contributed by atoms with Crippen LogP contribution in [-0.4, -0.2) is 31.5 Å². The predicted molar refractivity (Wildman–Crippen MR) is 95.7 cm³/mol. The van der Waals surface area contributed by atoms with Crippen molar-refractivity contribution in [2.24, 2.45) is 0 Å². The monoisotopic (exact) mass is 355 g/mol. The Labute approximate surface area is 152 Å². The third-order valence-electron chi connectivity index (χ3n) is 3.78. The number of amides is 1. The summed E-state index contributed by atoms with van der Waals surface area (Å²) in [5.74, 6) is -1.04. The molecule has 2 rings (SSSR count). The number of hydrogen-bond acceptors (Lipinski definition) is 5. The van der Waals surface area contributed by atoms with Crippen molar-refractivity contribution in [1.29, 1.82) is 0 Å². The first-order valence-corrected chi connectivity index (χ1v) is 8.18. The molecule has 0 aromatic heterocycles. The zero-order valence-corrected chi connectivity index (χ0v) is 14.8. The molecule has 0 atom stereocenters. The van der Waals surface area contributed by atoms with Crippen molar-refractivity contribution >= 4 is 17.8 Å². The molecule has 0 unspecified atom stereocenters. The number of methoxy groups -OCH3 is 1. The second-order valence-electron chi connectivity index (χ2n) is 5.67. The molecule has 0 bridgehead atoms. The summed E-state index contributed by atoms with van der Waals surface area (Å²) in [6.45, 7) is 2.16. The third-order valence-corrected chi connectivity index (χ3v) is 3.78. The molecule has 0 saturated heterocycles. The van der Waals surface area contributed by atoms with E-state index < -0.39 is 11.9 Å². The van der Waals surface area contributed by atoms with Crippen LogP contribution in [0.3, 0.4) is 0 Å². The molecule has 2 aromatic carbocycles. The highest BCUT2D eigenvalue weighted by Crippen LogP contribution is 2.08. The molecule has 2 aromatic rings. The number of esters is 2. The second-order valence-corrected chi connectivity index (χ2v) is 5.67. The fraction of sp³-hybridized carbons (Fsp3) is 0.250. The lowest BCUT2D eigenvalue weighted by Crippen LogP contribution is -2.27. The first-order valence-electron chi connectivity index (χ1n) is 8.18. The smallest absolute Gasteiger partial charge is 0.337 e. The quantitative estimate of drug-likeness (QED) is 0.772. The maximum atomic E-state index is 12.0. The Kier molecular flexibility index (Phi) is 6.91. The van der Waals surface area contributed by atoms with E-state index in [1.54, 1.807) is 36.4 Å². The summed E-state index contributed by atoms with van der Waals surface area (Å²) < 4.78 is 9.78. The van der Waals surface area contributed by atoms with Crippen LogP contribution in [0.25, 0.3) is 0 Å². The largest absolute Gasteiger partial charge is 0.465 e. The lowest BCUT2D eigenvalue weighted by molar-refractivity contribution is -0.144. The fourth-order valence-corrected chi connectivity index (χ4v) is 2.29. The van der Waals surface area contributed by atoms with E-state index in [1.165, 1.54) is 7.11 Å². The third kappa shape index (κ3) is 5.44. The number of hydrogen-bond donors (Lipinski definition) is 1. The van der Waals surface area contributed by atoms with Crippen molar-refractivity contribution in [2.45, 2.75) is 20.0 Å². The zero-order chi connectivity index (χ0) is 18.9. The number of benzene rings is 2. The lowest BCUT2D eigenvalue weighted by atomic mass is 10.1. The topological polar surface area (TPSA) is 81.7 Å². The minimum atomic E-state index is -0.419. The van der Waals surface area contributed by atoms with Crippen molar-refractivity contribution in [3.8, 4) is 0 Å². The molecule has 0 aliphatic heterocycles. The van der Waals surface area contributed by atoms with Crippen LogP contribution in [0.5, 0.6) is 0 Å². The number of carbonyl (C=O) groups excluding carboxylic acids is 3. The molecule has 0 radical (unpaired) electrons. The van der Waals surface area contributed by atoms with Gasteiger partial charge in [0, 0.05) is 12.1 Å².